The Morgan fingerprint density at radius 3 is 2.58 bits per heavy atom. The Bertz CT molecular complexity index is 1430. The minimum atomic E-state index is 0.00907. The Morgan fingerprint density at radius 2 is 1.82 bits per heavy atom. The van der Waals surface area contributed by atoms with Gasteiger partial charge in [-0.3, -0.25) is 9.48 Å². The van der Waals surface area contributed by atoms with Gasteiger partial charge in [0, 0.05) is 55.3 Å². The second-order valence-corrected chi connectivity index (χ2v) is 10.5. The number of amides is 1. The van der Waals surface area contributed by atoms with Crippen LogP contribution in [0.4, 0.5) is 11.8 Å². The Balaban J connectivity index is 1.05. The quantitative estimate of drug-likeness (QED) is 0.330. The molecule has 194 valence electrons. The highest BCUT2D eigenvalue weighted by atomic mass is 16.2. The summed E-state index contributed by atoms with van der Waals surface area (Å²) in [4.78, 5) is 24.1. The first-order valence-electron chi connectivity index (χ1n) is 13.3. The predicted molar refractivity (Wildman–Crippen MR) is 141 cm³/mol. The number of benzene rings is 1. The van der Waals surface area contributed by atoms with Gasteiger partial charge in [0.2, 0.25) is 11.9 Å². The predicted octanol–water partition coefficient (Wildman–Crippen LogP) is 2.44. The van der Waals surface area contributed by atoms with Crippen LogP contribution in [0.2, 0.25) is 0 Å². The molecule has 3 aromatic heterocycles. The number of hydrogen-bond acceptors (Lipinski definition) is 8. The van der Waals surface area contributed by atoms with Gasteiger partial charge in [-0.25, -0.2) is 9.97 Å². The van der Waals surface area contributed by atoms with Gasteiger partial charge in [-0.15, -0.1) is 0 Å². The van der Waals surface area contributed by atoms with Crippen LogP contribution in [0.3, 0.4) is 0 Å². The van der Waals surface area contributed by atoms with Crippen molar-refractivity contribution in [2.24, 2.45) is 5.92 Å². The average molecular weight is 511 g/mol. The minimum Gasteiger partial charge on any atom is -0.368 e. The van der Waals surface area contributed by atoms with Crippen molar-refractivity contribution in [3.05, 3.63) is 65.4 Å². The zero-order valence-corrected chi connectivity index (χ0v) is 21.1. The number of aromatic amines is 1. The van der Waals surface area contributed by atoms with Crippen LogP contribution in [-0.4, -0.2) is 65.1 Å². The molecule has 11 nitrogen and oxygen atoms in total. The van der Waals surface area contributed by atoms with Crippen LogP contribution >= 0.6 is 0 Å². The zero-order valence-electron chi connectivity index (χ0n) is 21.1. The summed E-state index contributed by atoms with van der Waals surface area (Å²) in [6.07, 6.45) is 10.7. The van der Waals surface area contributed by atoms with Gasteiger partial charge in [-0.05, 0) is 42.7 Å². The molecule has 3 N–H and O–H groups in total. The second kappa shape index (κ2) is 9.55. The van der Waals surface area contributed by atoms with E-state index in [1.165, 1.54) is 24.0 Å². The topological polar surface area (TPSA) is 130 Å². The molecule has 3 aliphatic rings. The number of nitrogens with zero attached hydrogens (tertiary/aromatic N) is 7. The lowest BCUT2D eigenvalue weighted by atomic mass is 10.1. The summed E-state index contributed by atoms with van der Waals surface area (Å²) in [5.41, 5.74) is 6.33. The average Bonchev–Trinajstić information content (AvgIpc) is 3.31. The minimum absolute atomic E-state index is 0.00907. The Hall–Kier alpha value is -4.28. The highest BCUT2D eigenvalue weighted by Crippen LogP contribution is 2.32. The summed E-state index contributed by atoms with van der Waals surface area (Å²) in [7, 11) is 0. The first-order valence-corrected chi connectivity index (χ1v) is 13.3. The molecule has 1 saturated carbocycles. The zero-order chi connectivity index (χ0) is 25.5. The van der Waals surface area contributed by atoms with E-state index in [2.05, 4.69) is 60.3 Å². The van der Waals surface area contributed by atoms with Crippen molar-refractivity contribution >= 4 is 17.7 Å². The van der Waals surface area contributed by atoms with E-state index in [1.807, 2.05) is 23.5 Å². The summed E-state index contributed by atoms with van der Waals surface area (Å²) < 4.78 is 1.72. The smallest absolute Gasteiger partial charge is 0.244 e. The molecule has 1 fully saturated rings. The van der Waals surface area contributed by atoms with Crippen LogP contribution in [0, 0.1) is 5.92 Å². The molecule has 1 aromatic carbocycles. The fourth-order valence-corrected chi connectivity index (χ4v) is 5.35. The third-order valence-corrected chi connectivity index (χ3v) is 7.68. The molecular formula is C27H30N10O. The summed E-state index contributed by atoms with van der Waals surface area (Å²) in [5.74, 6) is 2.09. The third-order valence-electron chi connectivity index (χ3n) is 7.68. The van der Waals surface area contributed by atoms with Gasteiger partial charge in [-0.1, -0.05) is 24.3 Å². The number of carbonyl (C=O) groups excluding carboxylic acids is 1. The number of fused-ring (bicyclic) bond motifs is 2. The monoisotopic (exact) mass is 510 g/mol. The van der Waals surface area contributed by atoms with Crippen molar-refractivity contribution in [2.45, 2.75) is 51.2 Å². The number of H-pyrrole nitrogens is 1. The molecule has 0 spiro atoms. The number of hydrogen-bond donors (Lipinski definition) is 3. The summed E-state index contributed by atoms with van der Waals surface area (Å²) in [6.45, 7) is 2.14. The number of aromatic nitrogens is 7. The van der Waals surface area contributed by atoms with E-state index >= 15 is 0 Å². The van der Waals surface area contributed by atoms with Gasteiger partial charge in [0.25, 0.3) is 0 Å². The van der Waals surface area contributed by atoms with E-state index in [0.717, 1.165) is 47.7 Å². The van der Waals surface area contributed by atoms with Crippen molar-refractivity contribution in [1.29, 1.82) is 0 Å². The summed E-state index contributed by atoms with van der Waals surface area (Å²) >= 11 is 0. The van der Waals surface area contributed by atoms with Crippen LogP contribution in [0.25, 0.3) is 11.1 Å². The van der Waals surface area contributed by atoms with Crippen LogP contribution in [0.15, 0.2) is 42.9 Å². The van der Waals surface area contributed by atoms with Gasteiger partial charge in [0.05, 0.1) is 12.2 Å². The fraction of sp³-hybridized carbons (Fsp3) is 0.407. The number of rotatable bonds is 8. The Kier molecular flexibility index (Phi) is 5.75. The molecule has 0 radical (unpaired) electrons. The molecule has 11 heteroatoms. The van der Waals surface area contributed by atoms with Crippen LogP contribution in [0.1, 0.15) is 35.4 Å². The van der Waals surface area contributed by atoms with Gasteiger partial charge in [0.1, 0.15) is 12.2 Å². The maximum absolute atomic E-state index is 13.1. The second-order valence-electron chi connectivity index (χ2n) is 10.5. The van der Waals surface area contributed by atoms with Crippen molar-refractivity contribution in [1.82, 2.24) is 40.1 Å². The molecular weight excluding hydrogens is 480 g/mol. The molecule has 4 aromatic rings. The Labute approximate surface area is 220 Å². The van der Waals surface area contributed by atoms with Crippen LogP contribution < -0.4 is 10.6 Å². The van der Waals surface area contributed by atoms with E-state index in [4.69, 9.17) is 5.10 Å². The molecule has 0 atom stereocenters. The lowest BCUT2D eigenvalue weighted by Crippen LogP contribution is -2.38. The molecule has 0 unspecified atom stereocenters. The molecule has 2 aliphatic carbocycles. The SMILES string of the molecule is O=C(Cn1cc(-c2cnc(NC3Cc4ccccc4C3)nc2)c(NCC2CC2)n1)N1CCc2n[nH]nc2C1. The van der Waals surface area contributed by atoms with E-state index in [-0.39, 0.29) is 12.5 Å². The van der Waals surface area contributed by atoms with E-state index in [1.54, 1.807) is 4.68 Å². The highest BCUT2D eigenvalue weighted by Gasteiger charge is 2.26. The molecule has 38 heavy (non-hydrogen) atoms. The molecule has 0 bridgehead atoms. The van der Waals surface area contributed by atoms with Crippen LogP contribution in [0.5, 0.6) is 0 Å². The first-order chi connectivity index (χ1) is 18.7. The van der Waals surface area contributed by atoms with E-state index < -0.39 is 0 Å². The highest BCUT2D eigenvalue weighted by molar-refractivity contribution is 5.78. The van der Waals surface area contributed by atoms with E-state index in [9.17, 15) is 4.79 Å². The summed E-state index contributed by atoms with van der Waals surface area (Å²) in [5, 5.41) is 22.7. The number of anilines is 2. The third kappa shape index (κ3) is 4.71. The number of nitrogens with one attached hydrogen (secondary N) is 3. The Morgan fingerprint density at radius 1 is 1.05 bits per heavy atom. The van der Waals surface area contributed by atoms with Crippen LogP contribution in [-0.2, 0) is 37.1 Å². The van der Waals surface area contributed by atoms with Gasteiger partial charge < -0.3 is 15.5 Å². The van der Waals surface area contributed by atoms with Gasteiger partial charge in [0.15, 0.2) is 5.82 Å². The fourth-order valence-electron chi connectivity index (χ4n) is 5.35. The lowest BCUT2D eigenvalue weighted by molar-refractivity contribution is -0.133. The van der Waals surface area contributed by atoms with E-state index in [0.29, 0.717) is 37.4 Å². The van der Waals surface area contributed by atoms with Crippen molar-refractivity contribution in [2.75, 3.05) is 23.7 Å². The standard InChI is InChI=1S/C27H30N10O/c38-25(36-8-7-23-24(15-36)33-35-32-23)16-37-14-22(26(34-37)28-11-17-5-6-17)20-12-29-27(30-13-20)31-21-9-18-3-1-2-4-19(18)10-21/h1-4,12-14,17,21H,5-11,15-16H2,(H,28,34)(H,29,30,31)(H,32,33,35). The van der Waals surface area contributed by atoms with Crippen molar-refractivity contribution in [3.63, 3.8) is 0 Å². The molecule has 1 amide bonds. The largest absolute Gasteiger partial charge is 0.368 e. The normalized spacial score (nSPS) is 16.8. The molecule has 4 heterocycles. The van der Waals surface area contributed by atoms with Gasteiger partial charge in [-0.2, -0.15) is 20.5 Å². The maximum atomic E-state index is 13.1. The van der Waals surface area contributed by atoms with Gasteiger partial charge >= 0.3 is 0 Å². The molecule has 0 saturated heterocycles. The molecule has 7 rings (SSSR count). The van der Waals surface area contributed by atoms with Crippen molar-refractivity contribution < 1.29 is 4.79 Å². The maximum Gasteiger partial charge on any atom is 0.244 e. The lowest BCUT2D eigenvalue weighted by Gasteiger charge is -2.25. The molecule has 1 aliphatic heterocycles. The summed E-state index contributed by atoms with van der Waals surface area (Å²) in [6, 6.07) is 8.86. The first kappa shape index (κ1) is 22.9. The van der Waals surface area contributed by atoms with Crippen molar-refractivity contribution in [3.8, 4) is 11.1 Å². The number of carbonyl (C=O) groups is 1.